The Labute approximate surface area is 148 Å². The van der Waals surface area contributed by atoms with Crippen molar-refractivity contribution < 1.29 is 22.6 Å². The van der Waals surface area contributed by atoms with Gasteiger partial charge in [-0.25, -0.2) is 8.42 Å². The lowest BCUT2D eigenvalue weighted by atomic mass is 9.90. The molecule has 7 heteroatoms. The highest BCUT2D eigenvalue weighted by molar-refractivity contribution is 7.88. The van der Waals surface area contributed by atoms with E-state index in [1.807, 2.05) is 27.7 Å². The lowest BCUT2D eigenvalue weighted by molar-refractivity contribution is -0.0975. The van der Waals surface area contributed by atoms with Crippen LogP contribution in [-0.4, -0.2) is 70.2 Å². The van der Waals surface area contributed by atoms with E-state index in [0.717, 1.165) is 0 Å². The molecule has 2 atom stereocenters. The van der Waals surface area contributed by atoms with Crippen molar-refractivity contribution in [3.05, 3.63) is 0 Å². The van der Waals surface area contributed by atoms with Gasteiger partial charge in [-0.3, -0.25) is 0 Å². The number of hydrogen-bond acceptors (Lipinski definition) is 5. The zero-order valence-corrected chi connectivity index (χ0v) is 17.7. The first-order valence-corrected chi connectivity index (χ1v) is 10.2. The van der Waals surface area contributed by atoms with Crippen molar-refractivity contribution in [2.75, 3.05) is 39.7 Å². The van der Waals surface area contributed by atoms with Gasteiger partial charge in [0.25, 0.3) is 0 Å². The molecule has 146 valence electrons. The van der Waals surface area contributed by atoms with E-state index in [9.17, 15) is 8.42 Å². The first-order chi connectivity index (χ1) is 10.7. The smallest absolute Gasteiger partial charge is 0.211 e. The first-order valence-electron chi connectivity index (χ1n) is 8.39. The van der Waals surface area contributed by atoms with Gasteiger partial charge in [-0.1, -0.05) is 20.8 Å². The fourth-order valence-corrected chi connectivity index (χ4v) is 3.51. The van der Waals surface area contributed by atoms with Crippen LogP contribution in [0.5, 0.6) is 0 Å². The number of nitrogens with zero attached hydrogens (tertiary/aromatic N) is 1. The van der Waals surface area contributed by atoms with Crippen LogP contribution in [0.3, 0.4) is 0 Å². The number of rotatable bonds is 10. The average Bonchev–Trinajstić information content (AvgIpc) is 2.36. The molecule has 0 aliphatic rings. The van der Waals surface area contributed by atoms with Gasteiger partial charge in [0.2, 0.25) is 10.0 Å². The van der Waals surface area contributed by atoms with E-state index in [-0.39, 0.29) is 24.2 Å². The summed E-state index contributed by atoms with van der Waals surface area (Å²) in [5.41, 5.74) is -0.560. The lowest BCUT2D eigenvalue weighted by Crippen LogP contribution is -2.51. The largest absolute Gasteiger partial charge is 0.382 e. The summed E-state index contributed by atoms with van der Waals surface area (Å²) in [6, 6.07) is 0. The topological polar surface area (TPSA) is 65.1 Å². The van der Waals surface area contributed by atoms with E-state index >= 15 is 0 Å². The third kappa shape index (κ3) is 9.32. The molecule has 0 heterocycles. The molecule has 0 rings (SSSR count). The quantitative estimate of drug-likeness (QED) is 0.555. The molecule has 0 aliphatic heterocycles. The van der Waals surface area contributed by atoms with Crippen molar-refractivity contribution >= 4 is 10.0 Å². The Kier molecular flexibility index (Phi) is 9.39. The van der Waals surface area contributed by atoms with E-state index in [0.29, 0.717) is 19.8 Å². The first kappa shape index (κ1) is 23.8. The van der Waals surface area contributed by atoms with Crippen LogP contribution >= 0.6 is 0 Å². The molecule has 0 aromatic rings. The fourth-order valence-electron chi connectivity index (χ4n) is 2.08. The van der Waals surface area contributed by atoms with Crippen molar-refractivity contribution in [3.8, 4) is 0 Å². The summed E-state index contributed by atoms with van der Waals surface area (Å²) in [5.74, 6) is 0. The van der Waals surface area contributed by atoms with Gasteiger partial charge >= 0.3 is 0 Å². The molecule has 2 unspecified atom stereocenters. The standard InChI is InChI=1S/C17H37NO5S/c1-14(16(2,3)4)23-15(13-22-11-10-21-8)12-18(17(5,6)7)24(9,19)20/h14-15H,10-13H2,1-9H3. The van der Waals surface area contributed by atoms with Gasteiger partial charge in [0, 0.05) is 19.2 Å². The highest BCUT2D eigenvalue weighted by atomic mass is 32.2. The van der Waals surface area contributed by atoms with Gasteiger partial charge in [-0.2, -0.15) is 4.31 Å². The van der Waals surface area contributed by atoms with Gasteiger partial charge in [0.05, 0.1) is 38.3 Å². The summed E-state index contributed by atoms with van der Waals surface area (Å²) in [6.07, 6.45) is 0.855. The maximum Gasteiger partial charge on any atom is 0.211 e. The summed E-state index contributed by atoms with van der Waals surface area (Å²) in [4.78, 5) is 0. The second-order valence-electron chi connectivity index (χ2n) is 8.30. The van der Waals surface area contributed by atoms with Crippen LogP contribution in [0.1, 0.15) is 48.5 Å². The van der Waals surface area contributed by atoms with E-state index < -0.39 is 15.6 Å². The Morgan fingerprint density at radius 3 is 1.96 bits per heavy atom. The average molecular weight is 368 g/mol. The molecule has 0 spiro atoms. The van der Waals surface area contributed by atoms with Crippen LogP contribution < -0.4 is 0 Å². The number of hydrogen-bond donors (Lipinski definition) is 0. The van der Waals surface area contributed by atoms with Gasteiger partial charge in [0.15, 0.2) is 0 Å². The Balaban J connectivity index is 5.14. The molecule has 0 saturated heterocycles. The molecular weight excluding hydrogens is 330 g/mol. The summed E-state index contributed by atoms with van der Waals surface area (Å²) >= 11 is 0. The molecule has 24 heavy (non-hydrogen) atoms. The van der Waals surface area contributed by atoms with E-state index in [1.54, 1.807) is 7.11 Å². The van der Waals surface area contributed by atoms with Crippen LogP contribution in [0.2, 0.25) is 0 Å². The van der Waals surface area contributed by atoms with Crippen LogP contribution in [0, 0.1) is 5.41 Å². The monoisotopic (exact) mass is 367 g/mol. The zero-order valence-electron chi connectivity index (χ0n) is 16.9. The highest BCUT2D eigenvalue weighted by Crippen LogP contribution is 2.25. The molecule has 0 aromatic carbocycles. The van der Waals surface area contributed by atoms with Gasteiger partial charge < -0.3 is 14.2 Å². The second kappa shape index (κ2) is 9.48. The minimum absolute atomic E-state index is 0.0325. The van der Waals surface area contributed by atoms with Crippen molar-refractivity contribution in [1.82, 2.24) is 4.31 Å². The molecule has 0 bridgehead atoms. The van der Waals surface area contributed by atoms with Crippen LogP contribution in [0.4, 0.5) is 0 Å². The Hall–Kier alpha value is -0.210. The summed E-state index contributed by atoms with van der Waals surface area (Å²) in [7, 11) is -1.74. The third-order valence-electron chi connectivity index (χ3n) is 3.87. The molecule has 0 saturated carbocycles. The molecular formula is C17H37NO5S. The number of methoxy groups -OCH3 is 1. The SMILES string of the molecule is COCCOCC(CN(C(C)(C)C)S(C)(=O)=O)OC(C)C(C)(C)C. The van der Waals surface area contributed by atoms with Crippen molar-refractivity contribution in [2.45, 2.75) is 66.2 Å². The number of ether oxygens (including phenoxy) is 3. The van der Waals surface area contributed by atoms with Gasteiger partial charge in [-0.15, -0.1) is 0 Å². The fraction of sp³-hybridized carbons (Fsp3) is 1.00. The maximum absolute atomic E-state index is 12.2. The normalized spacial score (nSPS) is 16.4. The zero-order chi connectivity index (χ0) is 19.2. The number of sulfonamides is 1. The third-order valence-corrected chi connectivity index (χ3v) is 5.37. The van der Waals surface area contributed by atoms with Crippen molar-refractivity contribution in [3.63, 3.8) is 0 Å². The molecule has 0 fully saturated rings. The lowest BCUT2D eigenvalue weighted by Gasteiger charge is -2.38. The Morgan fingerprint density at radius 2 is 1.58 bits per heavy atom. The molecule has 0 aliphatic carbocycles. The highest BCUT2D eigenvalue weighted by Gasteiger charge is 2.34. The second-order valence-corrected chi connectivity index (χ2v) is 10.2. The molecule has 0 N–H and O–H groups in total. The maximum atomic E-state index is 12.2. The minimum atomic E-state index is -3.35. The summed E-state index contributed by atoms with van der Waals surface area (Å²) in [6.45, 7) is 15.5. The molecule has 0 radical (unpaired) electrons. The van der Waals surface area contributed by atoms with Crippen molar-refractivity contribution in [2.24, 2.45) is 5.41 Å². The van der Waals surface area contributed by atoms with Gasteiger partial charge in [0.1, 0.15) is 0 Å². The van der Waals surface area contributed by atoms with Gasteiger partial charge in [-0.05, 0) is 33.1 Å². The van der Waals surface area contributed by atoms with E-state index in [2.05, 4.69) is 20.8 Å². The predicted octanol–water partition coefficient (Wildman–Crippen LogP) is 2.53. The van der Waals surface area contributed by atoms with Crippen LogP contribution in [-0.2, 0) is 24.2 Å². The van der Waals surface area contributed by atoms with E-state index in [4.69, 9.17) is 14.2 Å². The molecule has 0 amide bonds. The Bertz CT molecular complexity index is 451. The minimum Gasteiger partial charge on any atom is -0.382 e. The summed E-state index contributed by atoms with van der Waals surface area (Å²) in [5, 5.41) is 0. The molecule has 0 aromatic heterocycles. The van der Waals surface area contributed by atoms with E-state index in [1.165, 1.54) is 10.6 Å². The van der Waals surface area contributed by atoms with Crippen LogP contribution in [0.15, 0.2) is 0 Å². The van der Waals surface area contributed by atoms with Crippen molar-refractivity contribution in [1.29, 1.82) is 0 Å². The summed E-state index contributed by atoms with van der Waals surface area (Å²) < 4.78 is 42.6. The Morgan fingerprint density at radius 1 is 1.04 bits per heavy atom. The predicted molar refractivity (Wildman–Crippen MR) is 97.8 cm³/mol. The molecule has 6 nitrogen and oxygen atoms in total. The van der Waals surface area contributed by atoms with Crippen LogP contribution in [0.25, 0.3) is 0 Å².